The van der Waals surface area contributed by atoms with Crippen molar-refractivity contribution in [1.29, 1.82) is 0 Å². The SMILES string of the molecule is CCC(N)c1ccc(N2CCC(C(C)O)CC2)cc1. The molecule has 3 N–H and O–H groups in total. The molecule has 2 rings (SSSR count). The van der Waals surface area contributed by atoms with Gasteiger partial charge in [-0.3, -0.25) is 0 Å². The maximum atomic E-state index is 9.63. The van der Waals surface area contributed by atoms with E-state index in [1.165, 1.54) is 11.3 Å². The van der Waals surface area contributed by atoms with Gasteiger partial charge in [0.05, 0.1) is 6.10 Å². The number of anilines is 1. The van der Waals surface area contributed by atoms with Crippen LogP contribution in [0.2, 0.25) is 0 Å². The third-order valence-electron chi connectivity index (χ3n) is 4.35. The summed E-state index contributed by atoms with van der Waals surface area (Å²) in [5, 5.41) is 9.63. The van der Waals surface area contributed by atoms with Gasteiger partial charge in [-0.15, -0.1) is 0 Å². The number of rotatable bonds is 4. The molecule has 3 heteroatoms. The number of aliphatic hydroxyl groups excluding tert-OH is 1. The average molecular weight is 262 g/mol. The van der Waals surface area contributed by atoms with Gasteiger partial charge in [0.2, 0.25) is 0 Å². The molecule has 0 radical (unpaired) electrons. The topological polar surface area (TPSA) is 49.5 Å². The monoisotopic (exact) mass is 262 g/mol. The zero-order valence-corrected chi connectivity index (χ0v) is 12.0. The predicted octanol–water partition coefficient (Wildman–Crippen LogP) is 2.69. The van der Waals surface area contributed by atoms with E-state index < -0.39 is 0 Å². The van der Waals surface area contributed by atoms with Crippen LogP contribution in [-0.2, 0) is 0 Å². The Labute approximate surface area is 116 Å². The molecule has 1 aromatic carbocycles. The fourth-order valence-corrected chi connectivity index (χ4v) is 2.81. The minimum absolute atomic E-state index is 0.148. The van der Waals surface area contributed by atoms with Crippen LogP contribution in [0.5, 0.6) is 0 Å². The second-order valence-electron chi connectivity index (χ2n) is 5.67. The highest BCUT2D eigenvalue weighted by atomic mass is 16.3. The molecule has 1 aliphatic heterocycles. The van der Waals surface area contributed by atoms with Crippen molar-refractivity contribution in [3.8, 4) is 0 Å². The van der Waals surface area contributed by atoms with Crippen LogP contribution >= 0.6 is 0 Å². The van der Waals surface area contributed by atoms with Crippen molar-refractivity contribution >= 4 is 5.69 Å². The van der Waals surface area contributed by atoms with Gasteiger partial charge in [0.25, 0.3) is 0 Å². The summed E-state index contributed by atoms with van der Waals surface area (Å²) in [6.07, 6.45) is 2.95. The van der Waals surface area contributed by atoms with Crippen molar-refractivity contribution in [3.63, 3.8) is 0 Å². The Bertz CT molecular complexity index is 380. The fourth-order valence-electron chi connectivity index (χ4n) is 2.81. The van der Waals surface area contributed by atoms with E-state index in [-0.39, 0.29) is 12.1 Å². The highest BCUT2D eigenvalue weighted by Crippen LogP contribution is 2.26. The smallest absolute Gasteiger partial charge is 0.0541 e. The third kappa shape index (κ3) is 3.48. The third-order valence-corrected chi connectivity index (χ3v) is 4.35. The average Bonchev–Trinajstić information content (AvgIpc) is 2.46. The molecular formula is C16H26N2O. The fraction of sp³-hybridized carbons (Fsp3) is 0.625. The number of nitrogens with zero attached hydrogens (tertiary/aromatic N) is 1. The number of benzene rings is 1. The molecule has 0 aliphatic carbocycles. The molecule has 1 aromatic rings. The van der Waals surface area contributed by atoms with Crippen LogP contribution in [0.25, 0.3) is 0 Å². The zero-order valence-electron chi connectivity index (χ0n) is 12.0. The summed E-state index contributed by atoms with van der Waals surface area (Å²) >= 11 is 0. The molecule has 0 spiro atoms. The molecule has 0 amide bonds. The molecule has 1 heterocycles. The van der Waals surface area contributed by atoms with E-state index >= 15 is 0 Å². The number of nitrogens with two attached hydrogens (primary N) is 1. The standard InChI is InChI=1S/C16H26N2O/c1-3-16(17)14-4-6-15(7-5-14)18-10-8-13(9-11-18)12(2)19/h4-7,12-13,16,19H,3,8-11,17H2,1-2H3. The van der Waals surface area contributed by atoms with E-state index in [1.54, 1.807) is 0 Å². The summed E-state index contributed by atoms with van der Waals surface area (Å²) in [6, 6.07) is 8.78. The van der Waals surface area contributed by atoms with Gasteiger partial charge in [-0.25, -0.2) is 0 Å². The van der Waals surface area contributed by atoms with Crippen LogP contribution < -0.4 is 10.6 Å². The highest BCUT2D eigenvalue weighted by molar-refractivity contribution is 5.48. The van der Waals surface area contributed by atoms with Crippen molar-refractivity contribution in [2.24, 2.45) is 11.7 Å². The molecule has 1 aliphatic rings. The molecule has 0 saturated carbocycles. The van der Waals surface area contributed by atoms with Crippen molar-refractivity contribution in [2.45, 2.75) is 45.3 Å². The molecule has 1 saturated heterocycles. The Morgan fingerprint density at radius 3 is 2.32 bits per heavy atom. The number of aliphatic hydroxyl groups is 1. The lowest BCUT2D eigenvalue weighted by Crippen LogP contribution is -2.37. The van der Waals surface area contributed by atoms with Crippen LogP contribution in [-0.4, -0.2) is 24.3 Å². The summed E-state index contributed by atoms with van der Waals surface area (Å²) in [5.74, 6) is 0.462. The maximum absolute atomic E-state index is 9.63. The van der Waals surface area contributed by atoms with E-state index in [1.807, 2.05) is 6.92 Å². The molecule has 2 atom stereocenters. The van der Waals surface area contributed by atoms with Crippen molar-refractivity contribution < 1.29 is 5.11 Å². The first kappa shape index (κ1) is 14.4. The van der Waals surface area contributed by atoms with Gasteiger partial charge < -0.3 is 15.7 Å². The Morgan fingerprint density at radius 1 is 1.26 bits per heavy atom. The van der Waals surface area contributed by atoms with Gasteiger partial charge in [-0.05, 0) is 49.8 Å². The second-order valence-corrected chi connectivity index (χ2v) is 5.67. The summed E-state index contributed by atoms with van der Waals surface area (Å²) in [6.45, 7) is 6.09. The van der Waals surface area contributed by atoms with Crippen molar-refractivity contribution in [3.05, 3.63) is 29.8 Å². The van der Waals surface area contributed by atoms with E-state index in [4.69, 9.17) is 5.73 Å². The Morgan fingerprint density at radius 2 is 1.84 bits per heavy atom. The Balaban J connectivity index is 1.96. The first-order chi connectivity index (χ1) is 9.11. The summed E-state index contributed by atoms with van der Waals surface area (Å²) in [5.41, 5.74) is 8.52. The summed E-state index contributed by atoms with van der Waals surface area (Å²) in [4.78, 5) is 2.40. The van der Waals surface area contributed by atoms with Gasteiger partial charge in [0.1, 0.15) is 0 Å². The second kappa shape index (κ2) is 6.40. The van der Waals surface area contributed by atoms with Crippen LogP contribution in [0.1, 0.15) is 44.7 Å². The van der Waals surface area contributed by atoms with Gasteiger partial charge in [-0.2, -0.15) is 0 Å². The van der Waals surface area contributed by atoms with Crippen LogP contribution in [0, 0.1) is 5.92 Å². The van der Waals surface area contributed by atoms with E-state index in [9.17, 15) is 5.11 Å². The van der Waals surface area contributed by atoms with Crippen LogP contribution in [0.4, 0.5) is 5.69 Å². The molecule has 106 valence electrons. The van der Waals surface area contributed by atoms with E-state index in [0.717, 1.165) is 32.4 Å². The summed E-state index contributed by atoms with van der Waals surface area (Å²) < 4.78 is 0. The summed E-state index contributed by atoms with van der Waals surface area (Å²) in [7, 11) is 0. The molecule has 19 heavy (non-hydrogen) atoms. The van der Waals surface area contributed by atoms with Crippen LogP contribution in [0.3, 0.4) is 0 Å². The number of hydrogen-bond acceptors (Lipinski definition) is 3. The van der Waals surface area contributed by atoms with Crippen molar-refractivity contribution in [2.75, 3.05) is 18.0 Å². The Kier molecular flexibility index (Phi) is 4.83. The lowest BCUT2D eigenvalue weighted by Gasteiger charge is -2.35. The predicted molar refractivity (Wildman–Crippen MR) is 80.3 cm³/mol. The van der Waals surface area contributed by atoms with Crippen LogP contribution in [0.15, 0.2) is 24.3 Å². The molecule has 0 bridgehead atoms. The Hall–Kier alpha value is -1.06. The zero-order chi connectivity index (χ0) is 13.8. The molecule has 1 fully saturated rings. The minimum atomic E-state index is -0.174. The number of hydrogen-bond donors (Lipinski definition) is 2. The first-order valence-electron chi connectivity index (χ1n) is 7.40. The normalized spacial score (nSPS) is 20.3. The van der Waals surface area contributed by atoms with Crippen molar-refractivity contribution in [1.82, 2.24) is 0 Å². The van der Waals surface area contributed by atoms with Gasteiger partial charge in [0.15, 0.2) is 0 Å². The van der Waals surface area contributed by atoms with E-state index in [2.05, 4.69) is 36.1 Å². The van der Waals surface area contributed by atoms with E-state index in [0.29, 0.717) is 5.92 Å². The molecule has 0 aromatic heterocycles. The lowest BCUT2D eigenvalue weighted by molar-refractivity contribution is 0.110. The quantitative estimate of drug-likeness (QED) is 0.877. The van der Waals surface area contributed by atoms with Gasteiger partial charge in [0, 0.05) is 24.8 Å². The first-order valence-corrected chi connectivity index (χ1v) is 7.40. The molecule has 2 unspecified atom stereocenters. The van der Waals surface area contributed by atoms with Gasteiger partial charge >= 0.3 is 0 Å². The highest BCUT2D eigenvalue weighted by Gasteiger charge is 2.22. The molecular weight excluding hydrogens is 236 g/mol. The largest absolute Gasteiger partial charge is 0.393 e. The van der Waals surface area contributed by atoms with Gasteiger partial charge in [-0.1, -0.05) is 19.1 Å². The molecule has 3 nitrogen and oxygen atoms in total. The number of piperidine rings is 1. The minimum Gasteiger partial charge on any atom is -0.393 e. The lowest BCUT2D eigenvalue weighted by atomic mass is 9.92. The maximum Gasteiger partial charge on any atom is 0.0541 e.